The van der Waals surface area contributed by atoms with Gasteiger partial charge in [0.05, 0.1) is 6.07 Å². The Kier molecular flexibility index (Phi) is 7.24. The lowest BCUT2D eigenvalue weighted by Crippen LogP contribution is -2.29. The van der Waals surface area contributed by atoms with Crippen LogP contribution in [-0.2, 0) is 11.3 Å². The molecular weight excluding hydrogens is 302 g/mol. The van der Waals surface area contributed by atoms with Crippen LogP contribution in [-0.4, -0.2) is 18.2 Å². The number of nitrogens with one attached hydrogen (secondary N) is 2. The molecule has 1 aromatic carbocycles. The summed E-state index contributed by atoms with van der Waals surface area (Å²) >= 11 is 0. The van der Waals surface area contributed by atoms with Gasteiger partial charge in [-0.05, 0) is 50.3 Å². The van der Waals surface area contributed by atoms with Gasteiger partial charge in [-0.15, -0.1) is 0 Å². The zero-order chi connectivity index (χ0) is 18.2. The van der Waals surface area contributed by atoms with Crippen LogP contribution in [0.4, 0.5) is 10.5 Å². The molecule has 132 valence electrons. The second-order valence-electron chi connectivity index (χ2n) is 7.75. The Morgan fingerprint density at radius 3 is 2.33 bits per heavy atom. The van der Waals surface area contributed by atoms with Crippen molar-refractivity contribution >= 4 is 11.8 Å². The SMILES string of the molecule is CC(C)(CCC#N)CNCc1ccc(NC(=O)OC(C)(C)C)cc1. The molecule has 0 radical (unpaired) electrons. The molecule has 0 atom stereocenters. The van der Waals surface area contributed by atoms with E-state index in [1.165, 1.54) is 0 Å². The van der Waals surface area contributed by atoms with Gasteiger partial charge in [0.2, 0.25) is 0 Å². The molecule has 0 aliphatic rings. The van der Waals surface area contributed by atoms with Crippen LogP contribution in [0.15, 0.2) is 24.3 Å². The van der Waals surface area contributed by atoms with Crippen LogP contribution >= 0.6 is 0 Å². The van der Waals surface area contributed by atoms with Crippen LogP contribution in [0.1, 0.15) is 53.0 Å². The van der Waals surface area contributed by atoms with Gasteiger partial charge in [0.25, 0.3) is 0 Å². The van der Waals surface area contributed by atoms with Gasteiger partial charge in [-0.1, -0.05) is 26.0 Å². The third-order valence-electron chi connectivity index (χ3n) is 3.45. The smallest absolute Gasteiger partial charge is 0.412 e. The molecule has 0 saturated heterocycles. The van der Waals surface area contributed by atoms with E-state index in [0.29, 0.717) is 12.1 Å². The summed E-state index contributed by atoms with van der Waals surface area (Å²) in [5, 5.41) is 14.8. The lowest BCUT2D eigenvalue weighted by molar-refractivity contribution is 0.0636. The van der Waals surface area contributed by atoms with Crippen molar-refractivity contribution in [1.29, 1.82) is 5.26 Å². The first-order valence-corrected chi connectivity index (χ1v) is 8.28. The molecule has 1 aromatic rings. The van der Waals surface area contributed by atoms with Crippen molar-refractivity contribution in [3.05, 3.63) is 29.8 Å². The van der Waals surface area contributed by atoms with Gasteiger partial charge in [-0.25, -0.2) is 4.79 Å². The molecule has 1 amide bonds. The van der Waals surface area contributed by atoms with E-state index in [2.05, 4.69) is 30.6 Å². The Hall–Kier alpha value is -2.06. The molecule has 0 aliphatic heterocycles. The number of ether oxygens (including phenoxy) is 1. The van der Waals surface area contributed by atoms with E-state index < -0.39 is 11.7 Å². The molecule has 0 fully saturated rings. The largest absolute Gasteiger partial charge is 0.444 e. The lowest BCUT2D eigenvalue weighted by Gasteiger charge is -2.24. The molecule has 5 heteroatoms. The van der Waals surface area contributed by atoms with Crippen molar-refractivity contribution in [2.24, 2.45) is 5.41 Å². The maximum absolute atomic E-state index is 11.7. The molecule has 0 aliphatic carbocycles. The predicted molar refractivity (Wildman–Crippen MR) is 96.6 cm³/mol. The van der Waals surface area contributed by atoms with E-state index in [1.54, 1.807) is 0 Å². The van der Waals surface area contributed by atoms with Crippen molar-refractivity contribution in [2.75, 3.05) is 11.9 Å². The minimum absolute atomic E-state index is 0.105. The van der Waals surface area contributed by atoms with Crippen molar-refractivity contribution in [3.8, 4) is 6.07 Å². The van der Waals surface area contributed by atoms with Crippen LogP contribution in [0.2, 0.25) is 0 Å². The van der Waals surface area contributed by atoms with Crippen molar-refractivity contribution in [2.45, 2.75) is 59.6 Å². The summed E-state index contributed by atoms with van der Waals surface area (Å²) in [5.41, 5.74) is 1.45. The molecule has 0 saturated carbocycles. The number of benzene rings is 1. The zero-order valence-corrected chi connectivity index (χ0v) is 15.4. The highest BCUT2D eigenvalue weighted by molar-refractivity contribution is 5.84. The summed E-state index contributed by atoms with van der Waals surface area (Å²) in [7, 11) is 0. The first-order chi connectivity index (χ1) is 11.1. The van der Waals surface area contributed by atoms with Crippen molar-refractivity contribution in [3.63, 3.8) is 0 Å². The maximum atomic E-state index is 11.7. The Morgan fingerprint density at radius 1 is 1.17 bits per heavy atom. The topological polar surface area (TPSA) is 74.2 Å². The fraction of sp³-hybridized carbons (Fsp3) is 0.579. The number of nitriles is 1. The molecule has 0 bridgehead atoms. The van der Waals surface area contributed by atoms with Crippen LogP contribution in [0.25, 0.3) is 0 Å². The quantitative estimate of drug-likeness (QED) is 0.774. The van der Waals surface area contributed by atoms with Gasteiger partial charge in [0, 0.05) is 25.2 Å². The zero-order valence-electron chi connectivity index (χ0n) is 15.4. The van der Waals surface area contributed by atoms with Gasteiger partial charge < -0.3 is 10.1 Å². The molecule has 2 N–H and O–H groups in total. The van der Waals surface area contributed by atoms with Crippen LogP contribution in [0, 0.1) is 16.7 Å². The molecular formula is C19H29N3O2. The normalized spacial score (nSPS) is 11.7. The van der Waals surface area contributed by atoms with Gasteiger partial charge in [0.15, 0.2) is 0 Å². The second-order valence-corrected chi connectivity index (χ2v) is 7.75. The summed E-state index contributed by atoms with van der Waals surface area (Å²) in [6.45, 7) is 11.4. The van der Waals surface area contributed by atoms with E-state index in [4.69, 9.17) is 10.00 Å². The highest BCUT2D eigenvalue weighted by atomic mass is 16.6. The summed E-state index contributed by atoms with van der Waals surface area (Å²) in [5.74, 6) is 0. The summed E-state index contributed by atoms with van der Waals surface area (Å²) in [6.07, 6.45) is 1.02. The Balaban J connectivity index is 2.42. The fourth-order valence-corrected chi connectivity index (χ4v) is 2.16. The highest BCUT2D eigenvalue weighted by Gasteiger charge is 2.17. The number of amides is 1. The van der Waals surface area contributed by atoms with Gasteiger partial charge >= 0.3 is 6.09 Å². The summed E-state index contributed by atoms with van der Waals surface area (Å²) < 4.78 is 5.22. The van der Waals surface area contributed by atoms with Crippen molar-refractivity contribution in [1.82, 2.24) is 5.32 Å². The van der Waals surface area contributed by atoms with Gasteiger partial charge in [-0.3, -0.25) is 5.32 Å². The number of nitrogens with zero attached hydrogens (tertiary/aromatic N) is 1. The maximum Gasteiger partial charge on any atom is 0.412 e. The first kappa shape index (κ1) is 20.0. The Morgan fingerprint density at radius 2 is 1.79 bits per heavy atom. The average molecular weight is 331 g/mol. The third kappa shape index (κ3) is 8.54. The molecule has 0 heterocycles. The van der Waals surface area contributed by atoms with Crippen molar-refractivity contribution < 1.29 is 9.53 Å². The second kappa shape index (κ2) is 8.70. The fourth-order valence-electron chi connectivity index (χ4n) is 2.16. The van der Waals surface area contributed by atoms with Crippen LogP contribution in [0.5, 0.6) is 0 Å². The molecule has 0 aromatic heterocycles. The average Bonchev–Trinajstić information content (AvgIpc) is 2.45. The lowest BCUT2D eigenvalue weighted by atomic mass is 9.88. The van der Waals surface area contributed by atoms with E-state index >= 15 is 0 Å². The third-order valence-corrected chi connectivity index (χ3v) is 3.45. The summed E-state index contributed by atoms with van der Waals surface area (Å²) in [6, 6.07) is 9.87. The predicted octanol–water partition coefficient (Wildman–Crippen LogP) is 4.45. The number of anilines is 1. The number of carbonyl (C=O) groups excluding carboxylic acids is 1. The monoisotopic (exact) mass is 331 g/mol. The molecule has 5 nitrogen and oxygen atoms in total. The highest BCUT2D eigenvalue weighted by Crippen LogP contribution is 2.21. The molecule has 1 rings (SSSR count). The number of rotatable bonds is 7. The van der Waals surface area contributed by atoms with Crippen LogP contribution < -0.4 is 10.6 Å². The number of carbonyl (C=O) groups is 1. The Bertz CT molecular complexity index is 566. The minimum atomic E-state index is -0.508. The van der Waals surface area contributed by atoms with E-state index in [-0.39, 0.29) is 5.41 Å². The molecule has 0 spiro atoms. The van der Waals surface area contributed by atoms with Crippen LogP contribution in [0.3, 0.4) is 0 Å². The number of hydrogen-bond donors (Lipinski definition) is 2. The van der Waals surface area contributed by atoms with Gasteiger partial charge in [-0.2, -0.15) is 5.26 Å². The standard InChI is InChI=1S/C19H29N3O2/c1-18(2,3)24-17(23)22-16-9-7-15(8-10-16)13-21-14-19(4,5)11-6-12-20/h7-10,21H,6,11,13-14H2,1-5H3,(H,22,23). The van der Waals surface area contributed by atoms with E-state index in [1.807, 2.05) is 45.0 Å². The minimum Gasteiger partial charge on any atom is -0.444 e. The molecule has 24 heavy (non-hydrogen) atoms. The van der Waals surface area contributed by atoms with E-state index in [0.717, 1.165) is 25.1 Å². The number of hydrogen-bond acceptors (Lipinski definition) is 4. The molecule has 0 unspecified atom stereocenters. The first-order valence-electron chi connectivity index (χ1n) is 8.28. The van der Waals surface area contributed by atoms with Gasteiger partial charge in [0.1, 0.15) is 5.60 Å². The van der Waals surface area contributed by atoms with E-state index in [9.17, 15) is 4.79 Å². The summed E-state index contributed by atoms with van der Waals surface area (Å²) in [4.78, 5) is 11.7. The Labute approximate surface area is 145 Å².